The molecule has 2 heterocycles. The Morgan fingerprint density at radius 3 is 2.69 bits per heavy atom. The summed E-state index contributed by atoms with van der Waals surface area (Å²) in [5, 5.41) is 26.8. The van der Waals surface area contributed by atoms with Gasteiger partial charge in [0.1, 0.15) is 17.9 Å². The van der Waals surface area contributed by atoms with Gasteiger partial charge in [0.2, 0.25) is 5.91 Å². The second-order valence-corrected chi connectivity index (χ2v) is 9.19. The highest BCUT2D eigenvalue weighted by Crippen LogP contribution is 2.50. The summed E-state index contributed by atoms with van der Waals surface area (Å²) < 4.78 is 17.1. The lowest BCUT2D eigenvalue weighted by molar-refractivity contribution is -0.385. The third-order valence-corrected chi connectivity index (χ3v) is 6.89. The molecule has 35 heavy (non-hydrogen) atoms. The molecule has 188 valence electrons. The number of fused-ring (bicyclic) bond motifs is 2. The van der Waals surface area contributed by atoms with Crippen molar-refractivity contribution in [1.82, 2.24) is 5.32 Å². The number of ether oxygens (including phenoxy) is 3. The molecule has 0 aliphatic carbocycles. The molecule has 0 bridgehead atoms. The molecular weight excluding hydrogens is 478 g/mol. The number of halogens is 1. The number of methoxy groups -OCH3 is 2. The number of rotatable bonds is 7. The van der Waals surface area contributed by atoms with E-state index in [4.69, 9.17) is 25.8 Å². The van der Waals surface area contributed by atoms with Gasteiger partial charge in [0.25, 0.3) is 5.69 Å². The largest absolute Gasteiger partial charge is 0.479 e. The number of nitrogens with one attached hydrogen (secondary N) is 1. The van der Waals surface area contributed by atoms with Gasteiger partial charge in [0.05, 0.1) is 11.0 Å². The molecule has 4 rings (SSSR count). The van der Waals surface area contributed by atoms with Crippen molar-refractivity contribution in [3.63, 3.8) is 0 Å². The monoisotopic (exact) mass is 505 g/mol. The number of carbonyl (C=O) groups is 1. The van der Waals surface area contributed by atoms with Gasteiger partial charge in [-0.25, -0.2) is 0 Å². The van der Waals surface area contributed by atoms with E-state index in [0.29, 0.717) is 35.0 Å². The second kappa shape index (κ2) is 9.62. The lowest BCUT2D eigenvalue weighted by Crippen LogP contribution is -2.63. The van der Waals surface area contributed by atoms with Gasteiger partial charge in [-0.2, -0.15) is 0 Å². The lowest BCUT2D eigenvalue weighted by Gasteiger charge is -2.50. The summed E-state index contributed by atoms with van der Waals surface area (Å²) in [6.45, 7) is 3.89. The third kappa shape index (κ3) is 4.20. The average Bonchev–Trinajstić information content (AvgIpc) is 3.18. The molecule has 10 nitrogen and oxygen atoms in total. The fourth-order valence-corrected chi connectivity index (χ4v) is 5.30. The van der Waals surface area contributed by atoms with Gasteiger partial charge >= 0.3 is 0 Å². The van der Waals surface area contributed by atoms with Crippen molar-refractivity contribution in [1.29, 1.82) is 0 Å². The van der Waals surface area contributed by atoms with Gasteiger partial charge in [0, 0.05) is 55.6 Å². The fraction of sp³-hybridized carbons (Fsp3) is 0.458. The van der Waals surface area contributed by atoms with Crippen LogP contribution < -0.4 is 15.0 Å². The second-order valence-electron chi connectivity index (χ2n) is 8.75. The smallest absolute Gasteiger partial charge is 0.270 e. The Balaban J connectivity index is 1.95. The molecule has 2 aliphatic heterocycles. The number of hydrogen-bond acceptors (Lipinski definition) is 8. The number of aliphatic hydroxyl groups is 1. The van der Waals surface area contributed by atoms with E-state index in [0.717, 1.165) is 5.56 Å². The molecule has 0 aromatic heterocycles. The Morgan fingerprint density at radius 2 is 2.06 bits per heavy atom. The van der Waals surface area contributed by atoms with Crippen molar-refractivity contribution in [2.45, 2.75) is 50.3 Å². The van der Waals surface area contributed by atoms with E-state index in [1.165, 1.54) is 32.4 Å². The van der Waals surface area contributed by atoms with Gasteiger partial charge in [-0.15, -0.1) is 0 Å². The first-order chi connectivity index (χ1) is 16.7. The van der Waals surface area contributed by atoms with E-state index in [1.54, 1.807) is 30.0 Å². The Hall–Kier alpha value is -2.92. The number of aliphatic hydroxyl groups excluding tert-OH is 1. The number of carbonyl (C=O) groups excluding carboxylic acids is 1. The molecule has 1 amide bonds. The number of amides is 1. The Morgan fingerprint density at radius 1 is 1.34 bits per heavy atom. The van der Waals surface area contributed by atoms with Crippen LogP contribution in [0.2, 0.25) is 5.02 Å². The molecule has 0 saturated carbocycles. The summed E-state index contributed by atoms with van der Waals surface area (Å²) >= 11 is 6.24. The molecule has 0 radical (unpaired) electrons. The maximum absolute atomic E-state index is 13.2. The van der Waals surface area contributed by atoms with Crippen LogP contribution in [-0.4, -0.2) is 60.7 Å². The fourth-order valence-electron chi connectivity index (χ4n) is 5.11. The van der Waals surface area contributed by atoms with Crippen molar-refractivity contribution in [2.75, 3.05) is 25.7 Å². The number of nitro benzene ring substituents is 1. The van der Waals surface area contributed by atoms with Crippen LogP contribution in [0.3, 0.4) is 0 Å². The molecule has 0 fully saturated rings. The van der Waals surface area contributed by atoms with Crippen molar-refractivity contribution in [3.05, 3.63) is 62.7 Å². The summed E-state index contributed by atoms with van der Waals surface area (Å²) in [5.74, 6) is 0.0896. The van der Waals surface area contributed by atoms with Gasteiger partial charge in [-0.3, -0.25) is 14.9 Å². The van der Waals surface area contributed by atoms with Crippen LogP contribution in [0.1, 0.15) is 31.0 Å². The minimum Gasteiger partial charge on any atom is -0.479 e. The number of hydrogen-bond donors (Lipinski definition) is 2. The summed E-state index contributed by atoms with van der Waals surface area (Å²) in [6.07, 6.45) is -1.93. The molecular formula is C24H28ClN3O7. The first-order valence-electron chi connectivity index (χ1n) is 11.2. The molecule has 2 aliphatic rings. The maximum atomic E-state index is 13.2. The number of likely N-dealkylation sites (N-methyl/N-ethyl adjacent to an activating group) is 1. The number of nitrogens with zero attached hydrogens (tertiary/aromatic N) is 2. The van der Waals surface area contributed by atoms with Crippen molar-refractivity contribution in [2.24, 2.45) is 0 Å². The van der Waals surface area contributed by atoms with E-state index in [9.17, 15) is 20.0 Å². The van der Waals surface area contributed by atoms with E-state index in [1.807, 2.05) is 6.92 Å². The standard InChI is InChI=1S/C24H28ClN3O7/c1-5-26-22(30)18-11-13-10-14(25)6-8-17(13)27(18)20-16-12-15(28(31)32)7-9-19(16)35-24(2,21(20)29)23(33-3)34-4/h6-10,12,18,20-21,23,29H,5,11H2,1-4H3,(H,26,30)/t18-,20+,21-,24+/m1/s1. The van der Waals surface area contributed by atoms with Crippen LogP contribution >= 0.6 is 11.6 Å². The molecule has 2 aromatic carbocycles. The normalized spacial score (nSPS) is 25.1. The zero-order valence-electron chi connectivity index (χ0n) is 19.9. The zero-order chi connectivity index (χ0) is 25.5. The summed E-state index contributed by atoms with van der Waals surface area (Å²) in [4.78, 5) is 26.1. The van der Waals surface area contributed by atoms with Crippen LogP contribution in [0.15, 0.2) is 36.4 Å². The Labute approximate surface area is 207 Å². The zero-order valence-corrected chi connectivity index (χ0v) is 20.6. The highest BCUT2D eigenvalue weighted by molar-refractivity contribution is 6.30. The molecule has 2 N–H and O–H groups in total. The quantitative estimate of drug-likeness (QED) is 0.334. The minimum atomic E-state index is -1.40. The topological polar surface area (TPSA) is 123 Å². The van der Waals surface area contributed by atoms with Crippen LogP contribution in [0.4, 0.5) is 11.4 Å². The van der Waals surface area contributed by atoms with E-state index < -0.39 is 35.0 Å². The maximum Gasteiger partial charge on any atom is 0.270 e. The Kier molecular flexibility index (Phi) is 6.92. The molecule has 2 aromatic rings. The van der Waals surface area contributed by atoms with Crippen LogP contribution in [-0.2, 0) is 20.7 Å². The van der Waals surface area contributed by atoms with Gasteiger partial charge in [-0.05, 0) is 43.7 Å². The molecule has 0 unspecified atom stereocenters. The van der Waals surface area contributed by atoms with Crippen molar-refractivity contribution in [3.8, 4) is 5.75 Å². The van der Waals surface area contributed by atoms with Crippen LogP contribution in [0.5, 0.6) is 5.75 Å². The number of nitro groups is 1. The predicted octanol–water partition coefficient (Wildman–Crippen LogP) is 2.99. The number of anilines is 1. The van der Waals surface area contributed by atoms with Crippen LogP contribution in [0.25, 0.3) is 0 Å². The highest BCUT2D eigenvalue weighted by Gasteiger charge is 2.56. The van der Waals surface area contributed by atoms with Gasteiger partial charge < -0.3 is 29.5 Å². The molecule has 4 atom stereocenters. The summed E-state index contributed by atoms with van der Waals surface area (Å²) in [6, 6.07) is 7.90. The highest BCUT2D eigenvalue weighted by atomic mass is 35.5. The predicted molar refractivity (Wildman–Crippen MR) is 129 cm³/mol. The van der Waals surface area contributed by atoms with Crippen molar-refractivity contribution >= 4 is 28.9 Å². The minimum absolute atomic E-state index is 0.159. The van der Waals surface area contributed by atoms with E-state index >= 15 is 0 Å². The first kappa shape index (κ1) is 25.2. The van der Waals surface area contributed by atoms with Crippen molar-refractivity contribution < 1.29 is 29.0 Å². The number of non-ortho nitro benzene ring substituents is 1. The van der Waals surface area contributed by atoms with E-state index in [2.05, 4.69) is 5.32 Å². The third-order valence-electron chi connectivity index (χ3n) is 6.66. The Bertz CT molecular complexity index is 1140. The molecule has 0 saturated heterocycles. The first-order valence-corrected chi connectivity index (χ1v) is 11.6. The SMILES string of the molecule is CCNC(=O)[C@H]1Cc2cc(Cl)ccc2N1[C@H]1c2cc([N+](=O)[O-])ccc2O[C@](C)(C(OC)OC)[C@@H]1O. The molecule has 0 spiro atoms. The summed E-state index contributed by atoms with van der Waals surface area (Å²) in [5.41, 5.74) is 0.345. The van der Waals surface area contributed by atoms with Gasteiger partial charge in [-0.1, -0.05) is 11.6 Å². The lowest BCUT2D eigenvalue weighted by atomic mass is 9.83. The number of benzene rings is 2. The van der Waals surface area contributed by atoms with Crippen LogP contribution in [0, 0.1) is 10.1 Å². The molecule has 11 heteroatoms. The van der Waals surface area contributed by atoms with E-state index in [-0.39, 0.29) is 11.6 Å². The van der Waals surface area contributed by atoms with Gasteiger partial charge in [0.15, 0.2) is 11.9 Å². The summed E-state index contributed by atoms with van der Waals surface area (Å²) in [7, 11) is 2.86. The average molecular weight is 506 g/mol.